The smallest absolute Gasteiger partial charge is 0.263 e. The molecule has 0 saturated carbocycles. The van der Waals surface area contributed by atoms with Gasteiger partial charge in [0, 0.05) is 12.7 Å². The van der Waals surface area contributed by atoms with Gasteiger partial charge in [0.2, 0.25) is 0 Å². The van der Waals surface area contributed by atoms with Crippen LogP contribution in [0.2, 0.25) is 0 Å². The largest absolute Gasteiger partial charge is 0.370 e. The molecule has 0 fully saturated rings. The lowest BCUT2D eigenvalue weighted by Gasteiger charge is -2.07. The van der Waals surface area contributed by atoms with Crippen molar-refractivity contribution in [3.8, 4) is 0 Å². The lowest BCUT2D eigenvalue weighted by molar-refractivity contribution is 0.601. The molecule has 0 aliphatic carbocycles. The van der Waals surface area contributed by atoms with Gasteiger partial charge in [-0.2, -0.15) is 0 Å². The minimum atomic E-state index is -3.67. The zero-order chi connectivity index (χ0) is 13.7. The van der Waals surface area contributed by atoms with Gasteiger partial charge < -0.3 is 5.32 Å². The molecule has 2 aromatic heterocycles. The van der Waals surface area contributed by atoms with Crippen LogP contribution in [0.15, 0.2) is 41.9 Å². The van der Waals surface area contributed by atoms with Gasteiger partial charge in [0.1, 0.15) is 17.0 Å². The maximum atomic E-state index is 12.0. The van der Waals surface area contributed by atoms with Gasteiger partial charge in [0.25, 0.3) is 10.0 Å². The van der Waals surface area contributed by atoms with Crippen LogP contribution in [0.25, 0.3) is 0 Å². The van der Waals surface area contributed by atoms with Gasteiger partial charge in [-0.1, -0.05) is 0 Å². The number of sulfonamides is 1. The number of hydrogen-bond donors (Lipinski definition) is 2. The molecule has 100 valence electrons. The minimum Gasteiger partial charge on any atom is -0.370 e. The molecule has 0 spiro atoms. The highest BCUT2D eigenvalue weighted by molar-refractivity contribution is 7.92. The minimum absolute atomic E-state index is 0.0815. The Hall–Kier alpha value is -2.22. The first-order valence-electron chi connectivity index (χ1n) is 5.59. The summed E-state index contributed by atoms with van der Waals surface area (Å²) in [6.45, 7) is 2.65. The number of pyridine rings is 1. The lowest BCUT2D eigenvalue weighted by atomic mass is 10.4. The molecule has 0 amide bonds. The normalized spacial score (nSPS) is 11.0. The second-order valence-corrected chi connectivity index (χ2v) is 5.32. The number of rotatable bonds is 5. The van der Waals surface area contributed by atoms with Crippen LogP contribution in [0.5, 0.6) is 0 Å². The van der Waals surface area contributed by atoms with Crippen LogP contribution in [-0.2, 0) is 10.0 Å². The first-order valence-corrected chi connectivity index (χ1v) is 7.08. The Bertz CT molecular complexity index is 628. The van der Waals surface area contributed by atoms with Crippen molar-refractivity contribution in [2.45, 2.75) is 11.8 Å². The van der Waals surface area contributed by atoms with E-state index in [2.05, 4.69) is 25.0 Å². The fourth-order valence-corrected chi connectivity index (χ4v) is 2.36. The monoisotopic (exact) mass is 279 g/mol. The van der Waals surface area contributed by atoms with Crippen molar-refractivity contribution in [3.05, 3.63) is 37.1 Å². The number of anilines is 2. The molecule has 19 heavy (non-hydrogen) atoms. The van der Waals surface area contributed by atoms with Gasteiger partial charge in [0.05, 0.1) is 18.1 Å². The molecular formula is C11H13N5O2S. The molecule has 2 rings (SSSR count). The molecule has 0 atom stereocenters. The van der Waals surface area contributed by atoms with Crippen LogP contribution < -0.4 is 10.0 Å². The summed E-state index contributed by atoms with van der Waals surface area (Å²) in [5, 5.41) is 2.99. The average molecular weight is 279 g/mol. The van der Waals surface area contributed by atoms with E-state index >= 15 is 0 Å². The molecule has 0 bridgehead atoms. The van der Waals surface area contributed by atoms with Crippen molar-refractivity contribution >= 4 is 21.5 Å². The van der Waals surface area contributed by atoms with Gasteiger partial charge in [-0.25, -0.2) is 23.4 Å². The van der Waals surface area contributed by atoms with Gasteiger partial charge in [0.15, 0.2) is 0 Å². The third-order valence-electron chi connectivity index (χ3n) is 2.22. The molecule has 2 aromatic rings. The quantitative estimate of drug-likeness (QED) is 0.850. The van der Waals surface area contributed by atoms with Crippen molar-refractivity contribution in [2.75, 3.05) is 16.6 Å². The Kier molecular flexibility index (Phi) is 3.91. The summed E-state index contributed by atoms with van der Waals surface area (Å²) in [4.78, 5) is 11.6. The third-order valence-corrected chi connectivity index (χ3v) is 3.58. The summed E-state index contributed by atoms with van der Waals surface area (Å²) in [5.41, 5.74) is 0.304. The van der Waals surface area contributed by atoms with E-state index in [9.17, 15) is 8.42 Å². The first kappa shape index (κ1) is 13.2. The van der Waals surface area contributed by atoms with E-state index < -0.39 is 10.0 Å². The molecule has 0 unspecified atom stereocenters. The van der Waals surface area contributed by atoms with Crippen molar-refractivity contribution in [1.29, 1.82) is 0 Å². The summed E-state index contributed by atoms with van der Waals surface area (Å²) in [6.07, 6.45) is 5.38. The number of nitrogens with zero attached hydrogens (tertiary/aromatic N) is 3. The zero-order valence-corrected chi connectivity index (χ0v) is 11.1. The second kappa shape index (κ2) is 5.61. The summed E-state index contributed by atoms with van der Waals surface area (Å²) in [5.74, 6) is 0.629. The van der Waals surface area contributed by atoms with Gasteiger partial charge >= 0.3 is 0 Å². The SMILES string of the molecule is CCNc1ccc(S(=O)(=O)Nc2cncnc2)cn1. The van der Waals surface area contributed by atoms with E-state index in [1.54, 1.807) is 6.07 Å². The molecule has 0 aliphatic rings. The average Bonchev–Trinajstić information content (AvgIpc) is 2.40. The highest BCUT2D eigenvalue weighted by Crippen LogP contribution is 2.14. The van der Waals surface area contributed by atoms with Gasteiger partial charge in [-0.15, -0.1) is 0 Å². The van der Waals surface area contributed by atoms with Crippen LogP contribution in [0.4, 0.5) is 11.5 Å². The Morgan fingerprint density at radius 2 is 1.89 bits per heavy atom. The maximum Gasteiger partial charge on any atom is 0.263 e. The first-order chi connectivity index (χ1) is 9.12. The Balaban J connectivity index is 2.20. The van der Waals surface area contributed by atoms with E-state index in [1.165, 1.54) is 31.0 Å². The summed E-state index contributed by atoms with van der Waals surface area (Å²) >= 11 is 0. The maximum absolute atomic E-state index is 12.0. The molecule has 0 saturated heterocycles. The standard InChI is InChI=1S/C11H13N5O2S/c1-2-14-11-4-3-10(7-15-11)19(17,18)16-9-5-12-8-13-6-9/h3-8,16H,2H2,1H3,(H,14,15). The van der Waals surface area contributed by atoms with E-state index in [0.717, 1.165) is 6.54 Å². The van der Waals surface area contributed by atoms with Gasteiger partial charge in [-0.05, 0) is 19.1 Å². The zero-order valence-electron chi connectivity index (χ0n) is 10.2. The Labute approximate surface area is 111 Å². The molecule has 0 aromatic carbocycles. The van der Waals surface area contributed by atoms with Gasteiger partial charge in [-0.3, -0.25) is 4.72 Å². The Morgan fingerprint density at radius 3 is 2.47 bits per heavy atom. The predicted octanol–water partition coefficient (Wildman–Crippen LogP) is 1.10. The van der Waals surface area contributed by atoms with E-state index in [4.69, 9.17) is 0 Å². The van der Waals surface area contributed by atoms with Crippen LogP contribution in [0.3, 0.4) is 0 Å². The molecular weight excluding hydrogens is 266 g/mol. The fraction of sp³-hybridized carbons (Fsp3) is 0.182. The van der Waals surface area contributed by atoms with Crippen LogP contribution in [0, 0.1) is 0 Å². The Morgan fingerprint density at radius 1 is 1.16 bits per heavy atom. The van der Waals surface area contributed by atoms with Crippen LogP contribution in [0.1, 0.15) is 6.92 Å². The van der Waals surface area contributed by atoms with Crippen LogP contribution in [-0.4, -0.2) is 29.9 Å². The third kappa shape index (κ3) is 3.38. The summed E-state index contributed by atoms with van der Waals surface area (Å²) in [6, 6.07) is 3.09. The van der Waals surface area contributed by atoms with Crippen molar-refractivity contribution in [3.63, 3.8) is 0 Å². The predicted molar refractivity (Wildman–Crippen MR) is 71.2 cm³/mol. The topological polar surface area (TPSA) is 96.9 Å². The second-order valence-electron chi connectivity index (χ2n) is 3.64. The highest BCUT2D eigenvalue weighted by Gasteiger charge is 2.14. The molecule has 7 nitrogen and oxygen atoms in total. The number of hydrogen-bond acceptors (Lipinski definition) is 6. The number of aromatic nitrogens is 3. The van der Waals surface area contributed by atoms with Crippen molar-refractivity contribution < 1.29 is 8.42 Å². The van der Waals surface area contributed by atoms with Crippen molar-refractivity contribution in [2.24, 2.45) is 0 Å². The number of nitrogens with one attached hydrogen (secondary N) is 2. The molecule has 2 N–H and O–H groups in total. The van der Waals surface area contributed by atoms with Crippen LogP contribution >= 0.6 is 0 Å². The molecule has 8 heteroatoms. The fourth-order valence-electron chi connectivity index (χ4n) is 1.39. The lowest BCUT2D eigenvalue weighted by Crippen LogP contribution is -2.13. The van der Waals surface area contributed by atoms with Crippen molar-refractivity contribution in [1.82, 2.24) is 15.0 Å². The molecule has 2 heterocycles. The van der Waals surface area contributed by atoms with E-state index in [0.29, 0.717) is 11.5 Å². The van der Waals surface area contributed by atoms with E-state index in [1.807, 2.05) is 6.92 Å². The van der Waals surface area contributed by atoms with E-state index in [-0.39, 0.29) is 4.90 Å². The summed E-state index contributed by atoms with van der Waals surface area (Å²) in [7, 11) is -3.67. The highest BCUT2D eigenvalue weighted by atomic mass is 32.2. The molecule has 0 radical (unpaired) electrons. The molecule has 0 aliphatic heterocycles. The summed E-state index contributed by atoms with van der Waals surface area (Å²) < 4.78 is 26.5.